The maximum atomic E-state index is 4.64. The number of hydrogen-bond donors (Lipinski definition) is 1. The molecule has 2 unspecified atom stereocenters. The van der Waals surface area contributed by atoms with Crippen LogP contribution in [0.15, 0.2) is 24.3 Å². The van der Waals surface area contributed by atoms with Gasteiger partial charge in [-0.3, -0.25) is 0 Å². The van der Waals surface area contributed by atoms with Crippen LogP contribution in [0.2, 0.25) is 0 Å². The van der Waals surface area contributed by atoms with Crippen molar-refractivity contribution in [3.63, 3.8) is 0 Å². The lowest BCUT2D eigenvalue weighted by Crippen LogP contribution is -2.20. The summed E-state index contributed by atoms with van der Waals surface area (Å²) in [7, 11) is 2.06. The molecule has 0 saturated heterocycles. The van der Waals surface area contributed by atoms with E-state index in [9.17, 15) is 0 Å². The van der Waals surface area contributed by atoms with Gasteiger partial charge in [0.15, 0.2) is 0 Å². The zero-order valence-corrected chi connectivity index (χ0v) is 11.8. The van der Waals surface area contributed by atoms with Crippen LogP contribution in [-0.4, -0.2) is 15.6 Å². The number of benzene rings is 1. The van der Waals surface area contributed by atoms with Crippen LogP contribution >= 0.6 is 0 Å². The fourth-order valence-electron chi connectivity index (χ4n) is 2.32. The Morgan fingerprint density at radius 2 is 2.00 bits per heavy atom. The van der Waals surface area contributed by atoms with Crippen molar-refractivity contribution in [2.45, 2.75) is 39.7 Å². The van der Waals surface area contributed by atoms with Gasteiger partial charge in [0.25, 0.3) is 0 Å². The fraction of sp³-hybridized carbons (Fsp3) is 0.533. The average molecular weight is 245 g/mol. The summed E-state index contributed by atoms with van der Waals surface area (Å²) in [4.78, 5) is 4.64. The van der Waals surface area contributed by atoms with E-state index in [1.54, 1.807) is 0 Å². The Balaban J connectivity index is 2.14. The first kappa shape index (κ1) is 12.9. The summed E-state index contributed by atoms with van der Waals surface area (Å²) in [6, 6.07) is 8.69. The molecule has 2 aromatic rings. The second-order valence-electron chi connectivity index (χ2n) is 5.28. The quantitative estimate of drug-likeness (QED) is 0.868. The maximum Gasteiger partial charge on any atom is 0.203 e. The molecular formula is C15H23N3. The number of imidazole rings is 1. The van der Waals surface area contributed by atoms with Crippen LogP contribution < -0.4 is 5.32 Å². The summed E-state index contributed by atoms with van der Waals surface area (Å²) in [6.45, 7) is 6.77. The van der Waals surface area contributed by atoms with E-state index >= 15 is 0 Å². The Morgan fingerprint density at radius 1 is 1.28 bits per heavy atom. The molecular weight excluding hydrogens is 222 g/mol. The average Bonchev–Trinajstić information content (AvgIpc) is 2.66. The van der Waals surface area contributed by atoms with Gasteiger partial charge in [-0.1, -0.05) is 32.4 Å². The second-order valence-corrected chi connectivity index (χ2v) is 5.28. The number of rotatable bonds is 5. The molecule has 2 atom stereocenters. The van der Waals surface area contributed by atoms with Gasteiger partial charge in [0.2, 0.25) is 5.95 Å². The molecule has 0 fully saturated rings. The lowest BCUT2D eigenvalue weighted by Gasteiger charge is -2.18. The van der Waals surface area contributed by atoms with Gasteiger partial charge in [0, 0.05) is 13.1 Å². The summed E-state index contributed by atoms with van der Waals surface area (Å²) < 4.78 is 2.13. The molecule has 0 saturated carbocycles. The number of aryl methyl sites for hydroxylation is 1. The van der Waals surface area contributed by atoms with Crippen molar-refractivity contribution in [1.29, 1.82) is 0 Å². The number of fused-ring (bicyclic) bond motifs is 1. The Hall–Kier alpha value is -1.51. The highest BCUT2D eigenvalue weighted by atomic mass is 15.2. The van der Waals surface area contributed by atoms with Crippen molar-refractivity contribution in [3.05, 3.63) is 24.3 Å². The number of nitrogens with one attached hydrogen (secondary N) is 1. The maximum absolute atomic E-state index is 4.64. The Kier molecular flexibility index (Phi) is 3.90. The van der Waals surface area contributed by atoms with Gasteiger partial charge in [-0.15, -0.1) is 0 Å². The first-order chi connectivity index (χ1) is 8.61. The Labute approximate surface area is 109 Å². The largest absolute Gasteiger partial charge is 0.353 e. The van der Waals surface area contributed by atoms with Crippen LogP contribution in [0.25, 0.3) is 11.0 Å². The molecule has 0 aliphatic carbocycles. The molecule has 18 heavy (non-hydrogen) atoms. The third-order valence-corrected chi connectivity index (χ3v) is 3.62. The summed E-state index contributed by atoms with van der Waals surface area (Å²) in [6.07, 6.45) is 2.41. The van der Waals surface area contributed by atoms with Crippen molar-refractivity contribution >= 4 is 17.0 Å². The van der Waals surface area contributed by atoms with Gasteiger partial charge in [0.1, 0.15) is 0 Å². The predicted octanol–water partition coefficient (Wildman–Crippen LogP) is 3.81. The molecule has 0 radical (unpaired) electrons. The molecule has 98 valence electrons. The molecule has 0 aliphatic rings. The molecule has 0 spiro atoms. The number of anilines is 1. The van der Waals surface area contributed by atoms with Crippen LogP contribution in [-0.2, 0) is 7.05 Å². The number of nitrogens with zero attached hydrogens (tertiary/aromatic N) is 2. The third kappa shape index (κ3) is 2.66. The Bertz CT molecular complexity index is 515. The van der Waals surface area contributed by atoms with E-state index in [4.69, 9.17) is 0 Å². The molecule has 0 amide bonds. The molecule has 1 N–H and O–H groups in total. The lowest BCUT2D eigenvalue weighted by molar-refractivity contribution is 0.482. The molecule has 0 aliphatic heterocycles. The number of aromatic nitrogens is 2. The second kappa shape index (κ2) is 5.42. The van der Waals surface area contributed by atoms with E-state index in [0.29, 0.717) is 6.04 Å². The van der Waals surface area contributed by atoms with Crippen molar-refractivity contribution in [3.8, 4) is 0 Å². The fourth-order valence-corrected chi connectivity index (χ4v) is 2.32. The molecule has 1 aromatic heterocycles. The summed E-state index contributed by atoms with van der Waals surface area (Å²) >= 11 is 0. The topological polar surface area (TPSA) is 29.9 Å². The van der Waals surface area contributed by atoms with Crippen molar-refractivity contribution in [1.82, 2.24) is 9.55 Å². The highest BCUT2D eigenvalue weighted by Gasteiger charge is 2.11. The van der Waals surface area contributed by atoms with Gasteiger partial charge < -0.3 is 9.88 Å². The van der Waals surface area contributed by atoms with Gasteiger partial charge in [-0.05, 0) is 31.4 Å². The van der Waals surface area contributed by atoms with Crippen molar-refractivity contribution in [2.24, 2.45) is 13.0 Å². The summed E-state index contributed by atoms with van der Waals surface area (Å²) in [5.74, 6) is 1.72. The standard InChI is InChI=1S/C15H23N3/c1-5-11(2)10-12(3)16-15-17-13-8-6-7-9-14(13)18(15)4/h6-9,11-12H,5,10H2,1-4H3,(H,16,17). The van der Waals surface area contributed by atoms with Gasteiger partial charge >= 0.3 is 0 Å². The highest BCUT2D eigenvalue weighted by Crippen LogP contribution is 2.19. The molecule has 2 rings (SSSR count). The van der Waals surface area contributed by atoms with Crippen LogP contribution in [0.1, 0.15) is 33.6 Å². The van der Waals surface area contributed by atoms with E-state index in [1.165, 1.54) is 18.4 Å². The molecule has 1 aromatic carbocycles. The van der Waals surface area contributed by atoms with Crippen molar-refractivity contribution < 1.29 is 0 Å². The minimum atomic E-state index is 0.454. The van der Waals surface area contributed by atoms with Crippen LogP contribution in [0.3, 0.4) is 0 Å². The molecule has 0 bridgehead atoms. The number of hydrogen-bond acceptors (Lipinski definition) is 2. The third-order valence-electron chi connectivity index (χ3n) is 3.62. The van der Waals surface area contributed by atoms with E-state index in [2.05, 4.69) is 60.9 Å². The van der Waals surface area contributed by atoms with Gasteiger partial charge in [-0.25, -0.2) is 4.98 Å². The molecule has 3 nitrogen and oxygen atoms in total. The van der Waals surface area contributed by atoms with Gasteiger partial charge in [-0.2, -0.15) is 0 Å². The first-order valence-corrected chi connectivity index (χ1v) is 6.79. The highest BCUT2D eigenvalue weighted by molar-refractivity contribution is 5.78. The van der Waals surface area contributed by atoms with E-state index in [0.717, 1.165) is 17.4 Å². The molecule has 3 heteroatoms. The lowest BCUT2D eigenvalue weighted by atomic mass is 10.0. The first-order valence-electron chi connectivity index (χ1n) is 6.79. The van der Waals surface area contributed by atoms with E-state index in [-0.39, 0.29) is 0 Å². The smallest absolute Gasteiger partial charge is 0.203 e. The summed E-state index contributed by atoms with van der Waals surface area (Å²) in [5, 5.41) is 3.52. The van der Waals surface area contributed by atoms with E-state index < -0.39 is 0 Å². The predicted molar refractivity (Wildman–Crippen MR) is 77.9 cm³/mol. The number of para-hydroxylation sites is 2. The van der Waals surface area contributed by atoms with Crippen LogP contribution in [0.4, 0.5) is 5.95 Å². The SMILES string of the molecule is CCC(C)CC(C)Nc1nc2ccccc2n1C. The van der Waals surface area contributed by atoms with Gasteiger partial charge in [0.05, 0.1) is 11.0 Å². The minimum absolute atomic E-state index is 0.454. The van der Waals surface area contributed by atoms with E-state index in [1.807, 2.05) is 6.07 Å². The minimum Gasteiger partial charge on any atom is -0.353 e. The zero-order valence-electron chi connectivity index (χ0n) is 11.8. The normalized spacial score (nSPS) is 14.7. The van der Waals surface area contributed by atoms with Crippen LogP contribution in [0.5, 0.6) is 0 Å². The Morgan fingerprint density at radius 3 is 2.67 bits per heavy atom. The molecule has 1 heterocycles. The van der Waals surface area contributed by atoms with Crippen LogP contribution in [0, 0.1) is 5.92 Å². The van der Waals surface area contributed by atoms with Crippen molar-refractivity contribution in [2.75, 3.05) is 5.32 Å². The summed E-state index contributed by atoms with van der Waals surface area (Å²) in [5.41, 5.74) is 2.23. The zero-order chi connectivity index (χ0) is 13.1. The monoisotopic (exact) mass is 245 g/mol.